The van der Waals surface area contributed by atoms with Gasteiger partial charge in [0, 0.05) is 38.1 Å². The fraction of sp³-hybridized carbons (Fsp3) is 0.667. The lowest BCUT2D eigenvalue weighted by atomic mass is 10.3. The summed E-state index contributed by atoms with van der Waals surface area (Å²) in [7, 11) is 0. The zero-order valence-electron chi connectivity index (χ0n) is 10.1. The zero-order chi connectivity index (χ0) is 11.4. The van der Waals surface area contributed by atoms with Crippen molar-refractivity contribution in [2.24, 2.45) is 0 Å². The maximum atomic E-state index is 4.39. The van der Waals surface area contributed by atoms with Gasteiger partial charge < -0.3 is 5.32 Å². The van der Waals surface area contributed by atoms with Crippen LogP contribution in [0.15, 0.2) is 12.4 Å². The lowest BCUT2D eigenvalue weighted by molar-refractivity contribution is 0.316. The molecule has 1 atom stereocenters. The van der Waals surface area contributed by atoms with Crippen molar-refractivity contribution in [3.05, 3.63) is 23.8 Å². The summed E-state index contributed by atoms with van der Waals surface area (Å²) < 4.78 is 0. The molecule has 1 fully saturated rings. The van der Waals surface area contributed by atoms with Crippen LogP contribution in [0.4, 0.5) is 0 Å². The second-order valence-corrected chi connectivity index (χ2v) is 4.43. The largest absolute Gasteiger partial charge is 0.313 e. The highest BCUT2D eigenvalue weighted by Crippen LogP contribution is 2.11. The lowest BCUT2D eigenvalue weighted by Gasteiger charge is -2.15. The molecule has 0 aliphatic carbocycles. The molecule has 1 aromatic rings. The van der Waals surface area contributed by atoms with Gasteiger partial charge in [0.05, 0.1) is 11.4 Å². The van der Waals surface area contributed by atoms with Crippen molar-refractivity contribution in [1.29, 1.82) is 0 Å². The van der Waals surface area contributed by atoms with Gasteiger partial charge in [-0.25, -0.2) is 0 Å². The van der Waals surface area contributed by atoms with E-state index in [-0.39, 0.29) is 0 Å². The highest BCUT2D eigenvalue weighted by Gasteiger charge is 2.21. The fourth-order valence-corrected chi connectivity index (χ4v) is 2.16. The van der Waals surface area contributed by atoms with Gasteiger partial charge in [-0.1, -0.05) is 6.92 Å². The van der Waals surface area contributed by atoms with E-state index in [0.717, 1.165) is 37.6 Å². The Morgan fingerprint density at radius 3 is 3.00 bits per heavy atom. The average molecular weight is 220 g/mol. The number of aryl methyl sites for hydroxylation is 1. The predicted molar refractivity (Wildman–Crippen MR) is 64.1 cm³/mol. The second-order valence-electron chi connectivity index (χ2n) is 4.43. The number of likely N-dealkylation sites (tertiary alicyclic amines) is 1. The van der Waals surface area contributed by atoms with E-state index in [1.807, 2.05) is 19.3 Å². The molecule has 1 unspecified atom stereocenters. The van der Waals surface area contributed by atoms with Crippen LogP contribution in [0.1, 0.15) is 24.7 Å². The van der Waals surface area contributed by atoms with Gasteiger partial charge >= 0.3 is 0 Å². The van der Waals surface area contributed by atoms with E-state index in [4.69, 9.17) is 0 Å². The molecule has 1 N–H and O–H groups in total. The number of aromatic nitrogens is 2. The fourth-order valence-electron chi connectivity index (χ4n) is 2.16. The first-order chi connectivity index (χ1) is 7.78. The second kappa shape index (κ2) is 5.37. The SMILES string of the molecule is CCNC1CCN(Cc2cnc(C)cn2)C1. The Kier molecular flexibility index (Phi) is 3.85. The van der Waals surface area contributed by atoms with Crippen molar-refractivity contribution in [3.63, 3.8) is 0 Å². The molecule has 4 heteroatoms. The van der Waals surface area contributed by atoms with Gasteiger partial charge in [-0.15, -0.1) is 0 Å². The van der Waals surface area contributed by atoms with Crippen LogP contribution >= 0.6 is 0 Å². The molecular weight excluding hydrogens is 200 g/mol. The van der Waals surface area contributed by atoms with Gasteiger partial charge in [0.1, 0.15) is 0 Å². The molecule has 0 bridgehead atoms. The van der Waals surface area contributed by atoms with Crippen LogP contribution in [0.3, 0.4) is 0 Å². The summed E-state index contributed by atoms with van der Waals surface area (Å²) >= 11 is 0. The van der Waals surface area contributed by atoms with Gasteiger partial charge in [-0.05, 0) is 19.9 Å². The van der Waals surface area contributed by atoms with E-state index < -0.39 is 0 Å². The molecule has 0 aromatic carbocycles. The summed E-state index contributed by atoms with van der Waals surface area (Å²) in [6.45, 7) is 8.40. The molecule has 1 saturated heterocycles. The van der Waals surface area contributed by atoms with Crippen molar-refractivity contribution < 1.29 is 0 Å². The van der Waals surface area contributed by atoms with Gasteiger partial charge in [0.15, 0.2) is 0 Å². The number of hydrogen-bond acceptors (Lipinski definition) is 4. The average Bonchev–Trinajstić information content (AvgIpc) is 2.70. The molecule has 16 heavy (non-hydrogen) atoms. The van der Waals surface area contributed by atoms with Crippen LogP contribution in [0.2, 0.25) is 0 Å². The summed E-state index contributed by atoms with van der Waals surface area (Å²) in [6, 6.07) is 0.656. The zero-order valence-corrected chi connectivity index (χ0v) is 10.1. The maximum absolute atomic E-state index is 4.39. The summed E-state index contributed by atoms with van der Waals surface area (Å²) in [4.78, 5) is 11.1. The Morgan fingerprint density at radius 1 is 1.44 bits per heavy atom. The Bertz CT molecular complexity index is 322. The van der Waals surface area contributed by atoms with Crippen molar-refractivity contribution >= 4 is 0 Å². The topological polar surface area (TPSA) is 41.0 Å². The molecule has 1 aliphatic heterocycles. The highest BCUT2D eigenvalue weighted by molar-refractivity contribution is 5.01. The molecule has 4 nitrogen and oxygen atoms in total. The van der Waals surface area contributed by atoms with Gasteiger partial charge in [-0.2, -0.15) is 0 Å². The first kappa shape index (κ1) is 11.5. The van der Waals surface area contributed by atoms with E-state index in [1.165, 1.54) is 6.42 Å². The molecular formula is C12H20N4. The number of rotatable bonds is 4. The van der Waals surface area contributed by atoms with E-state index >= 15 is 0 Å². The van der Waals surface area contributed by atoms with Crippen LogP contribution in [0, 0.1) is 6.92 Å². The van der Waals surface area contributed by atoms with Crippen molar-refractivity contribution in [1.82, 2.24) is 20.2 Å². The van der Waals surface area contributed by atoms with Crippen LogP contribution in [0.5, 0.6) is 0 Å². The molecule has 1 aromatic heterocycles. The van der Waals surface area contributed by atoms with E-state index in [1.54, 1.807) is 0 Å². The summed E-state index contributed by atoms with van der Waals surface area (Å²) in [6.07, 6.45) is 4.97. The normalized spacial score (nSPS) is 21.5. The molecule has 1 aliphatic rings. The van der Waals surface area contributed by atoms with Gasteiger partial charge in [-0.3, -0.25) is 14.9 Å². The summed E-state index contributed by atoms with van der Waals surface area (Å²) in [5.41, 5.74) is 2.05. The van der Waals surface area contributed by atoms with Crippen LogP contribution in [-0.4, -0.2) is 40.5 Å². The standard InChI is InChI=1S/C12H20N4/c1-3-13-11-4-5-16(8-11)9-12-7-14-10(2)6-15-12/h6-7,11,13H,3-5,8-9H2,1-2H3. The first-order valence-corrected chi connectivity index (χ1v) is 6.01. The Balaban J connectivity index is 1.84. The van der Waals surface area contributed by atoms with Crippen molar-refractivity contribution in [2.45, 2.75) is 32.9 Å². The smallest absolute Gasteiger partial charge is 0.0727 e. The third-order valence-electron chi connectivity index (χ3n) is 2.99. The monoisotopic (exact) mass is 220 g/mol. The Hall–Kier alpha value is -1.00. The van der Waals surface area contributed by atoms with Crippen LogP contribution in [-0.2, 0) is 6.54 Å². The Labute approximate surface area is 97.1 Å². The summed E-state index contributed by atoms with van der Waals surface area (Å²) in [5, 5.41) is 3.49. The quantitative estimate of drug-likeness (QED) is 0.821. The number of likely N-dealkylation sites (N-methyl/N-ethyl adjacent to an activating group) is 1. The van der Waals surface area contributed by atoms with Crippen molar-refractivity contribution in [2.75, 3.05) is 19.6 Å². The van der Waals surface area contributed by atoms with Gasteiger partial charge in [0.2, 0.25) is 0 Å². The number of nitrogens with one attached hydrogen (secondary N) is 1. The van der Waals surface area contributed by atoms with Crippen molar-refractivity contribution in [3.8, 4) is 0 Å². The molecule has 2 rings (SSSR count). The first-order valence-electron chi connectivity index (χ1n) is 6.01. The lowest BCUT2D eigenvalue weighted by Crippen LogP contribution is -2.32. The third kappa shape index (κ3) is 3.00. The van der Waals surface area contributed by atoms with E-state index in [2.05, 4.69) is 27.1 Å². The number of hydrogen-bond donors (Lipinski definition) is 1. The minimum Gasteiger partial charge on any atom is -0.313 e. The molecule has 0 radical (unpaired) electrons. The number of nitrogens with zero attached hydrogens (tertiary/aromatic N) is 3. The molecule has 0 saturated carbocycles. The minimum absolute atomic E-state index is 0.656. The highest BCUT2D eigenvalue weighted by atomic mass is 15.2. The predicted octanol–water partition coefficient (Wildman–Crippen LogP) is 0.969. The van der Waals surface area contributed by atoms with Crippen LogP contribution < -0.4 is 5.32 Å². The molecule has 0 spiro atoms. The summed E-state index contributed by atoms with van der Waals surface area (Å²) in [5.74, 6) is 0. The maximum Gasteiger partial charge on any atom is 0.0727 e. The Morgan fingerprint density at radius 2 is 2.31 bits per heavy atom. The van der Waals surface area contributed by atoms with Crippen LogP contribution in [0.25, 0.3) is 0 Å². The molecule has 0 amide bonds. The molecule has 88 valence electrons. The molecule has 2 heterocycles. The van der Waals surface area contributed by atoms with E-state index in [0.29, 0.717) is 6.04 Å². The minimum atomic E-state index is 0.656. The third-order valence-corrected chi connectivity index (χ3v) is 2.99. The van der Waals surface area contributed by atoms with Gasteiger partial charge in [0.25, 0.3) is 0 Å². The van der Waals surface area contributed by atoms with E-state index in [9.17, 15) is 0 Å².